The molecule has 0 amide bonds. The van der Waals surface area contributed by atoms with E-state index in [9.17, 15) is 5.11 Å². The number of oxazole rings is 1. The summed E-state index contributed by atoms with van der Waals surface area (Å²) in [5.74, 6) is 0.951. The summed E-state index contributed by atoms with van der Waals surface area (Å²) >= 11 is 6.29. The molecule has 0 radical (unpaired) electrons. The van der Waals surface area contributed by atoms with Crippen LogP contribution in [0.15, 0.2) is 16.5 Å². The van der Waals surface area contributed by atoms with Crippen molar-refractivity contribution in [2.24, 2.45) is 0 Å². The number of nitrogens with one attached hydrogen (secondary N) is 1. The Kier molecular flexibility index (Phi) is 4.20. The molecule has 0 spiro atoms. The number of nitrogens with zero attached hydrogens (tertiary/aromatic N) is 1. The van der Waals surface area contributed by atoms with E-state index in [1.807, 2.05) is 26.0 Å². The highest BCUT2D eigenvalue weighted by Gasteiger charge is 2.24. The number of benzene rings is 1. The van der Waals surface area contributed by atoms with Crippen LogP contribution in [-0.4, -0.2) is 22.2 Å². The fourth-order valence-electron chi connectivity index (χ4n) is 2.84. The van der Waals surface area contributed by atoms with Gasteiger partial charge in [-0.1, -0.05) is 25.4 Å². The summed E-state index contributed by atoms with van der Waals surface area (Å²) < 4.78 is 5.71. The normalized spacial score (nSPS) is 22.5. The van der Waals surface area contributed by atoms with E-state index in [4.69, 9.17) is 16.0 Å². The Morgan fingerprint density at radius 1 is 1.43 bits per heavy atom. The number of aliphatic hydroxyl groups excluding tert-OH is 1. The monoisotopic (exact) mass is 308 g/mol. The number of hydrogen-bond acceptors (Lipinski definition) is 4. The summed E-state index contributed by atoms with van der Waals surface area (Å²) in [6.45, 7) is 4.77. The van der Waals surface area contributed by atoms with E-state index in [1.54, 1.807) is 0 Å². The minimum absolute atomic E-state index is 0.183. The highest BCUT2D eigenvalue weighted by atomic mass is 35.5. The van der Waals surface area contributed by atoms with Gasteiger partial charge in [0.05, 0.1) is 11.1 Å². The van der Waals surface area contributed by atoms with Gasteiger partial charge in [0.15, 0.2) is 11.5 Å². The van der Waals surface area contributed by atoms with Gasteiger partial charge >= 0.3 is 0 Å². The standard InChI is InChI=1S/C16H21ClN2O2/c1-9(2)16-19-13-7-10(6-11(17)15(13)21-16)8-18-12-4-3-5-14(12)20/h6-7,9,12,14,18,20H,3-5,8H2,1-2H3. The first kappa shape index (κ1) is 14.8. The Hall–Kier alpha value is -1.10. The number of aromatic nitrogens is 1. The number of aliphatic hydroxyl groups is 1. The van der Waals surface area contributed by atoms with Gasteiger partial charge < -0.3 is 14.8 Å². The molecule has 21 heavy (non-hydrogen) atoms. The zero-order valence-corrected chi connectivity index (χ0v) is 13.2. The highest BCUT2D eigenvalue weighted by molar-refractivity contribution is 6.34. The predicted octanol–water partition coefficient (Wildman–Crippen LogP) is 3.61. The molecule has 1 heterocycles. The third-order valence-electron chi connectivity index (χ3n) is 4.06. The van der Waals surface area contributed by atoms with Gasteiger partial charge in [0, 0.05) is 18.5 Å². The van der Waals surface area contributed by atoms with Gasteiger partial charge in [-0.15, -0.1) is 0 Å². The molecule has 3 rings (SSSR count). The molecular weight excluding hydrogens is 288 g/mol. The molecular formula is C16H21ClN2O2. The van der Waals surface area contributed by atoms with Crippen LogP contribution < -0.4 is 5.32 Å². The van der Waals surface area contributed by atoms with Crippen LogP contribution in [0.5, 0.6) is 0 Å². The molecule has 5 heteroatoms. The number of hydrogen-bond donors (Lipinski definition) is 2. The predicted molar refractivity (Wildman–Crippen MR) is 83.6 cm³/mol. The van der Waals surface area contributed by atoms with Gasteiger partial charge in [0.1, 0.15) is 5.52 Å². The third kappa shape index (κ3) is 3.07. The average Bonchev–Trinajstić information content (AvgIpc) is 3.03. The molecule has 1 aromatic heterocycles. The second-order valence-corrected chi connectivity index (χ2v) is 6.53. The van der Waals surface area contributed by atoms with Crippen molar-refractivity contribution in [3.63, 3.8) is 0 Å². The van der Waals surface area contributed by atoms with E-state index in [-0.39, 0.29) is 18.1 Å². The Morgan fingerprint density at radius 2 is 2.24 bits per heavy atom. The van der Waals surface area contributed by atoms with Crippen LogP contribution in [0.25, 0.3) is 11.1 Å². The summed E-state index contributed by atoms with van der Waals surface area (Å²) in [4.78, 5) is 4.50. The van der Waals surface area contributed by atoms with Gasteiger partial charge in [-0.3, -0.25) is 0 Å². The Balaban J connectivity index is 1.79. The maximum absolute atomic E-state index is 9.84. The first-order chi connectivity index (χ1) is 10.0. The summed E-state index contributed by atoms with van der Waals surface area (Å²) in [6, 6.07) is 4.10. The van der Waals surface area contributed by atoms with Crippen molar-refractivity contribution in [1.82, 2.24) is 10.3 Å². The molecule has 0 aliphatic heterocycles. The van der Waals surface area contributed by atoms with Crippen molar-refractivity contribution in [2.45, 2.75) is 57.7 Å². The second-order valence-electron chi connectivity index (χ2n) is 6.12. The maximum atomic E-state index is 9.84. The Morgan fingerprint density at radius 3 is 2.90 bits per heavy atom. The molecule has 2 atom stereocenters. The lowest BCUT2D eigenvalue weighted by Gasteiger charge is -2.16. The first-order valence-electron chi connectivity index (χ1n) is 7.55. The van der Waals surface area contributed by atoms with E-state index >= 15 is 0 Å². The fourth-order valence-corrected chi connectivity index (χ4v) is 3.12. The summed E-state index contributed by atoms with van der Waals surface area (Å²) in [6.07, 6.45) is 2.76. The van der Waals surface area contributed by atoms with Crippen LogP contribution in [0, 0.1) is 0 Å². The molecule has 1 aliphatic carbocycles. The van der Waals surface area contributed by atoms with Crippen molar-refractivity contribution in [3.05, 3.63) is 28.6 Å². The summed E-state index contributed by atoms with van der Waals surface area (Å²) in [5, 5.41) is 13.8. The second kappa shape index (κ2) is 5.95. The number of fused-ring (bicyclic) bond motifs is 1. The molecule has 4 nitrogen and oxygen atoms in total. The van der Waals surface area contributed by atoms with Gasteiger partial charge in [0.2, 0.25) is 0 Å². The van der Waals surface area contributed by atoms with E-state index in [0.717, 1.165) is 30.3 Å². The molecule has 1 aromatic carbocycles. The van der Waals surface area contributed by atoms with Crippen molar-refractivity contribution in [3.8, 4) is 0 Å². The lowest BCUT2D eigenvalue weighted by Crippen LogP contribution is -2.35. The molecule has 2 N–H and O–H groups in total. The molecule has 114 valence electrons. The number of halogens is 1. The van der Waals surface area contributed by atoms with E-state index in [0.29, 0.717) is 23.0 Å². The zero-order valence-electron chi connectivity index (χ0n) is 12.4. The minimum atomic E-state index is -0.233. The zero-order chi connectivity index (χ0) is 15.0. The van der Waals surface area contributed by atoms with Gasteiger partial charge in [0.25, 0.3) is 0 Å². The molecule has 1 saturated carbocycles. The quantitative estimate of drug-likeness (QED) is 0.906. The van der Waals surface area contributed by atoms with Crippen LogP contribution in [0.2, 0.25) is 5.02 Å². The molecule has 0 saturated heterocycles. The van der Waals surface area contributed by atoms with E-state index in [1.165, 1.54) is 0 Å². The van der Waals surface area contributed by atoms with E-state index in [2.05, 4.69) is 10.3 Å². The van der Waals surface area contributed by atoms with Gasteiger partial charge in [-0.2, -0.15) is 0 Å². The van der Waals surface area contributed by atoms with Crippen LogP contribution >= 0.6 is 11.6 Å². The van der Waals surface area contributed by atoms with E-state index < -0.39 is 0 Å². The third-order valence-corrected chi connectivity index (χ3v) is 4.34. The van der Waals surface area contributed by atoms with Crippen molar-refractivity contribution < 1.29 is 9.52 Å². The number of rotatable bonds is 4. The summed E-state index contributed by atoms with van der Waals surface area (Å²) in [5.41, 5.74) is 2.52. The van der Waals surface area contributed by atoms with Crippen LogP contribution in [0.4, 0.5) is 0 Å². The SMILES string of the molecule is CC(C)c1nc2cc(CNC3CCCC3O)cc(Cl)c2o1. The van der Waals surface area contributed by atoms with Crippen LogP contribution in [0.3, 0.4) is 0 Å². The Labute approximate surface area is 129 Å². The lowest BCUT2D eigenvalue weighted by molar-refractivity contribution is 0.148. The molecule has 1 fully saturated rings. The maximum Gasteiger partial charge on any atom is 0.198 e. The smallest absolute Gasteiger partial charge is 0.198 e. The molecule has 2 aromatic rings. The van der Waals surface area contributed by atoms with Crippen molar-refractivity contribution in [1.29, 1.82) is 0 Å². The fraction of sp³-hybridized carbons (Fsp3) is 0.562. The molecule has 0 bridgehead atoms. The first-order valence-corrected chi connectivity index (χ1v) is 7.92. The Bertz CT molecular complexity index is 638. The topological polar surface area (TPSA) is 58.3 Å². The highest BCUT2D eigenvalue weighted by Crippen LogP contribution is 2.29. The minimum Gasteiger partial charge on any atom is -0.439 e. The molecule has 2 unspecified atom stereocenters. The van der Waals surface area contributed by atoms with Crippen LogP contribution in [0.1, 0.15) is 50.5 Å². The van der Waals surface area contributed by atoms with Crippen molar-refractivity contribution in [2.75, 3.05) is 0 Å². The van der Waals surface area contributed by atoms with Gasteiger partial charge in [-0.25, -0.2) is 4.98 Å². The lowest BCUT2D eigenvalue weighted by atomic mass is 10.1. The summed E-state index contributed by atoms with van der Waals surface area (Å²) in [7, 11) is 0. The molecule has 1 aliphatic rings. The average molecular weight is 309 g/mol. The van der Waals surface area contributed by atoms with Gasteiger partial charge in [-0.05, 0) is 37.0 Å². The largest absolute Gasteiger partial charge is 0.439 e. The van der Waals surface area contributed by atoms with Crippen molar-refractivity contribution >= 4 is 22.7 Å². The van der Waals surface area contributed by atoms with Crippen LogP contribution in [-0.2, 0) is 6.54 Å².